The van der Waals surface area contributed by atoms with E-state index in [-0.39, 0.29) is 18.6 Å². The van der Waals surface area contributed by atoms with Crippen LogP contribution in [0.25, 0.3) is 0 Å². The summed E-state index contributed by atoms with van der Waals surface area (Å²) >= 11 is 0. The molecule has 3 N–H and O–H groups in total. The molecule has 2 nitrogen and oxygen atoms in total. The Balaban J connectivity index is -0.000000245. The second-order valence-corrected chi connectivity index (χ2v) is 3.37. The summed E-state index contributed by atoms with van der Waals surface area (Å²) in [5.74, 6) is 0. The number of hydrogen-bond donors (Lipinski definition) is 1. The summed E-state index contributed by atoms with van der Waals surface area (Å²) in [5.41, 5.74) is 0. The molecule has 0 rings (SSSR count). The third-order valence-electron chi connectivity index (χ3n) is 1.18. The largest absolute Gasteiger partial charge is 1.00 e. The minimum Gasteiger partial charge on any atom is -1.00 e. The smallest absolute Gasteiger partial charge is 0.0780 e. The topological polar surface area (TPSA) is 35.0 Å². The third kappa shape index (κ3) is 15.7. The quantitative estimate of drug-likeness (QED) is 0.521. The summed E-state index contributed by atoms with van der Waals surface area (Å²) in [6.07, 6.45) is 2.67. The van der Waals surface area contributed by atoms with Crippen molar-refractivity contribution in [1.29, 1.82) is 0 Å². The predicted molar refractivity (Wildman–Crippen MR) is 42.8 cm³/mol. The fourth-order valence-electron chi connectivity index (χ4n) is 0.632. The predicted octanol–water partition coefficient (Wildman–Crippen LogP) is -1.34. The van der Waals surface area contributed by atoms with Crippen LogP contribution in [-0.4, -0.2) is 32.2 Å². The highest BCUT2D eigenvalue weighted by Crippen LogP contribution is 1.94. The Hall–Kier alpha value is 0.210. The van der Waals surface area contributed by atoms with Crippen LogP contribution in [0.2, 0.25) is 0 Å². The normalized spacial score (nSPS) is 9.60. The minimum atomic E-state index is 0. The Labute approximate surface area is 71.2 Å². The van der Waals surface area contributed by atoms with Gasteiger partial charge in [-0.05, 0) is 6.42 Å². The Morgan fingerprint density at radius 3 is 1.60 bits per heavy atom. The van der Waals surface area contributed by atoms with Gasteiger partial charge in [0.05, 0.1) is 27.7 Å². The highest BCUT2D eigenvalue weighted by atomic mass is 35.5. The van der Waals surface area contributed by atoms with E-state index in [0.717, 1.165) is 4.48 Å². The Morgan fingerprint density at radius 2 is 1.50 bits per heavy atom. The standard InChI is InChI=1S/C7H18N.ClH.H3N/c1-5-6-7-8(2,3)4;;/h5-7H2,1-4H3;1H;1H3/q+1;;/p-1. The lowest BCUT2D eigenvalue weighted by molar-refractivity contribution is -0.870. The van der Waals surface area contributed by atoms with Crippen molar-refractivity contribution >= 4 is 0 Å². The monoisotopic (exact) mass is 168 g/mol. The maximum absolute atomic E-state index is 2.23. The van der Waals surface area contributed by atoms with E-state index in [9.17, 15) is 0 Å². The first-order chi connectivity index (χ1) is 3.56. The molecule has 0 radical (unpaired) electrons. The lowest BCUT2D eigenvalue weighted by atomic mass is 10.3. The zero-order valence-corrected chi connectivity index (χ0v) is 8.41. The van der Waals surface area contributed by atoms with Crippen molar-refractivity contribution in [3.05, 3.63) is 0 Å². The summed E-state index contributed by atoms with van der Waals surface area (Å²) in [4.78, 5) is 0. The molecule has 0 fully saturated rings. The van der Waals surface area contributed by atoms with Gasteiger partial charge in [-0.2, -0.15) is 0 Å². The maximum Gasteiger partial charge on any atom is 0.0780 e. The molecule has 0 saturated heterocycles. The lowest BCUT2D eigenvalue weighted by Gasteiger charge is -2.23. The van der Waals surface area contributed by atoms with Gasteiger partial charge in [0.25, 0.3) is 0 Å². The first-order valence-electron chi connectivity index (χ1n) is 3.36. The van der Waals surface area contributed by atoms with E-state index in [1.165, 1.54) is 19.4 Å². The molecule has 0 aromatic heterocycles. The van der Waals surface area contributed by atoms with Crippen molar-refractivity contribution in [2.75, 3.05) is 27.7 Å². The van der Waals surface area contributed by atoms with E-state index in [2.05, 4.69) is 28.1 Å². The van der Waals surface area contributed by atoms with Crippen LogP contribution < -0.4 is 18.6 Å². The van der Waals surface area contributed by atoms with Crippen molar-refractivity contribution < 1.29 is 16.9 Å². The van der Waals surface area contributed by atoms with Gasteiger partial charge < -0.3 is 23.0 Å². The van der Waals surface area contributed by atoms with Crippen LogP contribution in [-0.2, 0) is 0 Å². The van der Waals surface area contributed by atoms with Crippen molar-refractivity contribution in [1.82, 2.24) is 6.15 Å². The van der Waals surface area contributed by atoms with Crippen LogP contribution in [0.1, 0.15) is 19.8 Å². The van der Waals surface area contributed by atoms with Gasteiger partial charge in [-0.25, -0.2) is 0 Å². The lowest BCUT2D eigenvalue weighted by Crippen LogP contribution is -3.00. The van der Waals surface area contributed by atoms with Gasteiger partial charge in [-0.15, -0.1) is 0 Å². The summed E-state index contributed by atoms with van der Waals surface area (Å²) in [7, 11) is 6.70. The number of rotatable bonds is 3. The highest BCUT2D eigenvalue weighted by Gasteiger charge is 2.02. The molecule has 0 heterocycles. The zero-order chi connectivity index (χ0) is 6.62. The number of halogens is 1. The van der Waals surface area contributed by atoms with Crippen molar-refractivity contribution in [2.45, 2.75) is 19.8 Å². The average molecular weight is 169 g/mol. The summed E-state index contributed by atoms with van der Waals surface area (Å²) < 4.78 is 1.10. The molecule has 0 unspecified atom stereocenters. The van der Waals surface area contributed by atoms with Crippen molar-refractivity contribution in [2.24, 2.45) is 0 Å². The summed E-state index contributed by atoms with van der Waals surface area (Å²) in [6, 6.07) is 0. The molecular formula is C7H21ClN2. The summed E-state index contributed by atoms with van der Waals surface area (Å²) in [5, 5.41) is 0. The number of nitrogens with zero attached hydrogens (tertiary/aromatic N) is 1. The highest BCUT2D eigenvalue weighted by molar-refractivity contribution is 4.29. The minimum absolute atomic E-state index is 0. The summed E-state index contributed by atoms with van der Waals surface area (Å²) in [6.45, 7) is 3.53. The van der Waals surface area contributed by atoms with Gasteiger partial charge in [-0.3, -0.25) is 0 Å². The number of hydrogen-bond acceptors (Lipinski definition) is 1. The third-order valence-corrected chi connectivity index (χ3v) is 1.18. The molecule has 0 aromatic carbocycles. The SMILES string of the molecule is CCCC[N+](C)(C)C.N.[Cl-]. The van der Waals surface area contributed by atoms with Gasteiger partial charge in [0.15, 0.2) is 0 Å². The molecule has 0 atom stereocenters. The first-order valence-corrected chi connectivity index (χ1v) is 3.36. The zero-order valence-electron chi connectivity index (χ0n) is 7.65. The molecule has 10 heavy (non-hydrogen) atoms. The van der Waals surface area contributed by atoms with Gasteiger partial charge in [-0.1, -0.05) is 13.3 Å². The Bertz CT molecular complexity index is 59.1. The average Bonchev–Trinajstić information content (AvgIpc) is 1.59. The molecule has 0 spiro atoms. The van der Waals surface area contributed by atoms with E-state index < -0.39 is 0 Å². The van der Waals surface area contributed by atoms with Crippen molar-refractivity contribution in [3.8, 4) is 0 Å². The van der Waals surface area contributed by atoms with E-state index >= 15 is 0 Å². The van der Waals surface area contributed by atoms with Gasteiger partial charge >= 0.3 is 0 Å². The molecule has 3 heteroatoms. The van der Waals surface area contributed by atoms with Crippen molar-refractivity contribution in [3.63, 3.8) is 0 Å². The van der Waals surface area contributed by atoms with Crippen LogP contribution in [0.3, 0.4) is 0 Å². The van der Waals surface area contributed by atoms with E-state index in [1.807, 2.05) is 0 Å². The maximum atomic E-state index is 2.23. The van der Waals surface area contributed by atoms with Crippen LogP contribution in [0.15, 0.2) is 0 Å². The first kappa shape index (κ1) is 16.7. The number of unbranched alkanes of at least 4 members (excludes halogenated alkanes) is 1. The molecule has 0 aromatic rings. The molecular weight excluding hydrogens is 148 g/mol. The molecule has 0 saturated carbocycles. The van der Waals surface area contributed by atoms with E-state index in [0.29, 0.717) is 0 Å². The molecule has 66 valence electrons. The molecule has 0 aliphatic heterocycles. The second kappa shape index (κ2) is 7.32. The Kier molecular flexibility index (Phi) is 12.2. The second-order valence-electron chi connectivity index (χ2n) is 3.37. The fourth-order valence-corrected chi connectivity index (χ4v) is 0.632. The van der Waals surface area contributed by atoms with E-state index in [1.54, 1.807) is 0 Å². The van der Waals surface area contributed by atoms with Crippen LogP contribution in [0.4, 0.5) is 0 Å². The fraction of sp³-hybridized carbons (Fsp3) is 1.00. The van der Waals surface area contributed by atoms with Gasteiger partial charge in [0, 0.05) is 0 Å². The molecule has 0 bridgehead atoms. The molecule has 0 amide bonds. The Morgan fingerprint density at radius 1 is 1.10 bits per heavy atom. The van der Waals surface area contributed by atoms with Crippen LogP contribution in [0, 0.1) is 0 Å². The van der Waals surface area contributed by atoms with Crippen LogP contribution in [0.5, 0.6) is 0 Å². The van der Waals surface area contributed by atoms with Gasteiger partial charge in [0.2, 0.25) is 0 Å². The number of quaternary nitrogens is 1. The van der Waals surface area contributed by atoms with Crippen LogP contribution >= 0.6 is 0 Å². The molecule has 0 aliphatic carbocycles. The molecule has 0 aliphatic rings. The van der Waals surface area contributed by atoms with Gasteiger partial charge in [0.1, 0.15) is 0 Å². The van der Waals surface area contributed by atoms with E-state index in [4.69, 9.17) is 0 Å².